The number of rotatable bonds is 11. The summed E-state index contributed by atoms with van der Waals surface area (Å²) < 4.78 is 5.36. The monoisotopic (exact) mass is 460 g/mol. The molecule has 1 N–H and O–H groups in total. The minimum absolute atomic E-state index is 0.0260. The number of carbonyl (C=O) groups excluding carboxylic acids is 2. The van der Waals surface area contributed by atoms with Crippen LogP contribution in [0.4, 0.5) is 0 Å². The number of nitrogens with zero attached hydrogens (tertiary/aromatic N) is 1. The van der Waals surface area contributed by atoms with E-state index in [4.69, 9.17) is 4.74 Å². The average molecular weight is 461 g/mol. The highest BCUT2D eigenvalue weighted by molar-refractivity contribution is 5.89. The maximum absolute atomic E-state index is 13.6. The van der Waals surface area contributed by atoms with Crippen molar-refractivity contribution in [1.82, 2.24) is 10.2 Å². The van der Waals surface area contributed by atoms with Gasteiger partial charge < -0.3 is 15.0 Å². The number of nitrogens with one attached hydrogen (secondary N) is 1. The van der Waals surface area contributed by atoms with E-state index in [1.807, 2.05) is 63.2 Å². The number of methoxy groups -OCH3 is 1. The minimum atomic E-state index is -0.528. The summed E-state index contributed by atoms with van der Waals surface area (Å²) in [5.74, 6) is 0.609. The molecular formula is C29H36N2O3. The van der Waals surface area contributed by atoms with Crippen LogP contribution in [-0.2, 0) is 22.6 Å². The van der Waals surface area contributed by atoms with E-state index in [-0.39, 0.29) is 17.9 Å². The number of amides is 2. The zero-order valence-electron chi connectivity index (χ0n) is 20.7. The molecule has 0 bridgehead atoms. The fourth-order valence-corrected chi connectivity index (χ4v) is 4.22. The molecule has 0 aromatic heterocycles. The van der Waals surface area contributed by atoms with Crippen LogP contribution < -0.4 is 10.1 Å². The molecule has 0 aliphatic rings. The molecule has 0 spiro atoms. The SMILES string of the molecule is CC[C@H](C(=O)N[C@@H](C)CC)N(Cc1cccc(OC)c1)C(=O)CCc1cccc2ccccc12. The normalized spacial score (nSPS) is 12.7. The molecule has 0 saturated carbocycles. The van der Waals surface area contributed by atoms with E-state index in [1.165, 1.54) is 10.8 Å². The number of ether oxygens (including phenoxy) is 1. The van der Waals surface area contributed by atoms with Gasteiger partial charge in [-0.15, -0.1) is 0 Å². The number of aryl methyl sites for hydroxylation is 1. The molecule has 2 atom stereocenters. The number of benzene rings is 3. The fourth-order valence-electron chi connectivity index (χ4n) is 4.22. The first-order chi connectivity index (χ1) is 16.5. The molecule has 0 aliphatic heterocycles. The molecule has 0 fully saturated rings. The Morgan fingerprint density at radius 2 is 1.71 bits per heavy atom. The molecule has 0 aliphatic carbocycles. The first kappa shape index (κ1) is 25.3. The molecule has 0 heterocycles. The highest BCUT2D eigenvalue weighted by atomic mass is 16.5. The van der Waals surface area contributed by atoms with E-state index >= 15 is 0 Å². The Labute approximate surface area is 203 Å². The molecule has 180 valence electrons. The lowest BCUT2D eigenvalue weighted by Gasteiger charge is -2.31. The predicted octanol–water partition coefficient (Wildman–Crippen LogP) is 5.50. The summed E-state index contributed by atoms with van der Waals surface area (Å²) in [6, 6.07) is 21.6. The second-order valence-electron chi connectivity index (χ2n) is 8.75. The maximum atomic E-state index is 13.6. The van der Waals surface area contributed by atoms with Crippen molar-refractivity contribution in [2.24, 2.45) is 0 Å². The van der Waals surface area contributed by atoms with Gasteiger partial charge in [-0.2, -0.15) is 0 Å². The van der Waals surface area contributed by atoms with E-state index in [2.05, 4.69) is 29.6 Å². The van der Waals surface area contributed by atoms with Crippen molar-refractivity contribution in [2.75, 3.05) is 7.11 Å². The number of fused-ring (bicyclic) bond motifs is 1. The van der Waals surface area contributed by atoms with Crippen molar-refractivity contribution in [3.63, 3.8) is 0 Å². The highest BCUT2D eigenvalue weighted by Gasteiger charge is 2.29. The molecule has 0 saturated heterocycles. The highest BCUT2D eigenvalue weighted by Crippen LogP contribution is 2.22. The number of hydrogen-bond acceptors (Lipinski definition) is 3. The minimum Gasteiger partial charge on any atom is -0.497 e. The Morgan fingerprint density at radius 1 is 0.971 bits per heavy atom. The maximum Gasteiger partial charge on any atom is 0.243 e. The average Bonchev–Trinajstić information content (AvgIpc) is 2.87. The van der Waals surface area contributed by atoms with Gasteiger partial charge in [0.1, 0.15) is 11.8 Å². The summed E-state index contributed by atoms with van der Waals surface area (Å²) in [5, 5.41) is 5.40. The third-order valence-electron chi connectivity index (χ3n) is 6.36. The summed E-state index contributed by atoms with van der Waals surface area (Å²) >= 11 is 0. The first-order valence-corrected chi connectivity index (χ1v) is 12.2. The quantitative estimate of drug-likeness (QED) is 0.411. The molecule has 3 rings (SSSR count). The Bertz CT molecular complexity index is 1110. The Balaban J connectivity index is 1.84. The first-order valence-electron chi connectivity index (χ1n) is 12.2. The second-order valence-corrected chi connectivity index (χ2v) is 8.75. The van der Waals surface area contributed by atoms with Crippen LogP contribution in [0.5, 0.6) is 5.75 Å². The summed E-state index contributed by atoms with van der Waals surface area (Å²) in [4.78, 5) is 28.4. The van der Waals surface area contributed by atoms with E-state index in [0.717, 1.165) is 23.3 Å². The van der Waals surface area contributed by atoms with Crippen molar-refractivity contribution < 1.29 is 14.3 Å². The van der Waals surface area contributed by atoms with Crippen LogP contribution in [0, 0.1) is 0 Å². The van der Waals surface area contributed by atoms with Gasteiger partial charge in [0.15, 0.2) is 0 Å². The van der Waals surface area contributed by atoms with E-state index < -0.39 is 6.04 Å². The topological polar surface area (TPSA) is 58.6 Å². The van der Waals surface area contributed by atoms with Crippen molar-refractivity contribution in [1.29, 1.82) is 0 Å². The van der Waals surface area contributed by atoms with Crippen molar-refractivity contribution in [2.45, 2.75) is 65.1 Å². The van der Waals surface area contributed by atoms with Crippen LogP contribution in [0.15, 0.2) is 66.7 Å². The fraction of sp³-hybridized carbons (Fsp3) is 0.379. The lowest BCUT2D eigenvalue weighted by molar-refractivity contribution is -0.141. The third kappa shape index (κ3) is 6.37. The molecule has 3 aromatic rings. The summed E-state index contributed by atoms with van der Waals surface area (Å²) in [5.41, 5.74) is 2.08. The van der Waals surface area contributed by atoms with Crippen LogP contribution in [0.3, 0.4) is 0 Å². The Kier molecular flexibility index (Phi) is 9.08. The second kappa shape index (κ2) is 12.2. The lowest BCUT2D eigenvalue weighted by atomic mass is 10.00. The molecule has 2 amide bonds. The zero-order chi connectivity index (χ0) is 24.5. The molecule has 5 nitrogen and oxygen atoms in total. The van der Waals surface area contributed by atoms with Crippen LogP contribution >= 0.6 is 0 Å². The van der Waals surface area contributed by atoms with E-state index in [1.54, 1.807) is 12.0 Å². The molecule has 0 unspecified atom stereocenters. The zero-order valence-corrected chi connectivity index (χ0v) is 20.7. The van der Waals surface area contributed by atoms with Crippen molar-refractivity contribution in [3.8, 4) is 5.75 Å². The molecule has 34 heavy (non-hydrogen) atoms. The van der Waals surface area contributed by atoms with Crippen LogP contribution in [0.25, 0.3) is 10.8 Å². The largest absolute Gasteiger partial charge is 0.497 e. The smallest absolute Gasteiger partial charge is 0.243 e. The van der Waals surface area contributed by atoms with Gasteiger partial charge in [-0.1, -0.05) is 68.4 Å². The predicted molar refractivity (Wildman–Crippen MR) is 138 cm³/mol. The van der Waals surface area contributed by atoms with Gasteiger partial charge in [0.05, 0.1) is 7.11 Å². The molecule has 5 heteroatoms. The van der Waals surface area contributed by atoms with Gasteiger partial charge in [-0.05, 0) is 60.2 Å². The number of hydrogen-bond donors (Lipinski definition) is 1. The van der Waals surface area contributed by atoms with Crippen LogP contribution in [-0.4, -0.2) is 35.9 Å². The number of carbonyl (C=O) groups is 2. The third-order valence-corrected chi connectivity index (χ3v) is 6.36. The van der Waals surface area contributed by atoms with Crippen LogP contribution in [0.1, 0.15) is 51.2 Å². The summed E-state index contributed by atoms with van der Waals surface area (Å²) in [6.45, 7) is 6.34. The van der Waals surface area contributed by atoms with Gasteiger partial charge in [0.2, 0.25) is 11.8 Å². The Hall–Kier alpha value is -3.34. The lowest BCUT2D eigenvalue weighted by Crippen LogP contribution is -2.50. The van der Waals surface area contributed by atoms with Gasteiger partial charge in [0.25, 0.3) is 0 Å². The standard InChI is InChI=1S/C29H36N2O3/c1-5-21(3)30-29(33)27(6-2)31(20-22-11-9-15-25(19-22)34-4)28(32)18-17-24-14-10-13-23-12-7-8-16-26(23)24/h7-16,19,21,27H,5-6,17-18,20H2,1-4H3,(H,30,33)/t21-,27+/m0/s1. The molecule has 0 radical (unpaired) electrons. The Morgan fingerprint density at radius 3 is 2.44 bits per heavy atom. The van der Waals surface area contributed by atoms with E-state index in [0.29, 0.717) is 25.8 Å². The van der Waals surface area contributed by atoms with Crippen molar-refractivity contribution in [3.05, 3.63) is 77.9 Å². The molecule has 3 aromatic carbocycles. The van der Waals surface area contributed by atoms with E-state index in [9.17, 15) is 9.59 Å². The van der Waals surface area contributed by atoms with Gasteiger partial charge in [0, 0.05) is 19.0 Å². The molecular weight excluding hydrogens is 424 g/mol. The van der Waals surface area contributed by atoms with Gasteiger partial charge >= 0.3 is 0 Å². The van der Waals surface area contributed by atoms with Gasteiger partial charge in [-0.25, -0.2) is 0 Å². The summed E-state index contributed by atoms with van der Waals surface area (Å²) in [6.07, 6.45) is 2.35. The van der Waals surface area contributed by atoms with Crippen LogP contribution in [0.2, 0.25) is 0 Å². The van der Waals surface area contributed by atoms with Crippen molar-refractivity contribution >= 4 is 22.6 Å². The summed E-state index contributed by atoms with van der Waals surface area (Å²) in [7, 11) is 1.63. The van der Waals surface area contributed by atoms with Gasteiger partial charge in [-0.3, -0.25) is 9.59 Å².